The summed E-state index contributed by atoms with van der Waals surface area (Å²) in [5.41, 5.74) is 0. The van der Waals surface area contributed by atoms with Crippen molar-refractivity contribution in [3.8, 4) is 0 Å². The van der Waals surface area contributed by atoms with Crippen LogP contribution in [0.1, 0.15) is 64.7 Å². The zero-order valence-electron chi connectivity index (χ0n) is 13.2. The predicted octanol–water partition coefficient (Wildman–Crippen LogP) is 1.65. The molecule has 0 saturated heterocycles. The van der Waals surface area contributed by atoms with Gasteiger partial charge in [0.1, 0.15) is 0 Å². The van der Waals surface area contributed by atoms with E-state index < -0.39 is 0 Å². The Morgan fingerprint density at radius 1 is 0.800 bits per heavy atom. The van der Waals surface area contributed by atoms with Crippen LogP contribution < -0.4 is 24.0 Å². The minimum atomic E-state index is 0. The smallest absolute Gasteiger partial charge is 1.00 e. The third-order valence-electron chi connectivity index (χ3n) is 3.03. The van der Waals surface area contributed by atoms with Gasteiger partial charge in [-0.15, -0.1) is 0 Å². The number of hydrogen-bond acceptors (Lipinski definition) is 2. The van der Waals surface area contributed by atoms with E-state index in [-0.39, 0.29) is 24.0 Å². The van der Waals surface area contributed by atoms with Crippen LogP contribution in [-0.2, 0) is 9.47 Å². The van der Waals surface area contributed by atoms with Crippen molar-refractivity contribution < 1.29 is 33.5 Å². The van der Waals surface area contributed by atoms with Crippen LogP contribution in [0.5, 0.6) is 0 Å². The van der Waals surface area contributed by atoms with E-state index in [9.17, 15) is 0 Å². The van der Waals surface area contributed by atoms with E-state index in [2.05, 4.69) is 19.1 Å². The van der Waals surface area contributed by atoms with Crippen molar-refractivity contribution in [1.82, 2.24) is 0 Å². The third kappa shape index (κ3) is 21.5. The average molecular weight is 407 g/mol. The largest absolute Gasteiger partial charge is 1.00 e. The van der Waals surface area contributed by atoms with Gasteiger partial charge in [-0.2, -0.15) is 0 Å². The monoisotopic (exact) mass is 406 g/mol. The molecule has 0 spiro atoms. The molecule has 0 unspecified atom stereocenters. The maximum absolute atomic E-state index is 5.44. The summed E-state index contributed by atoms with van der Waals surface area (Å²) in [6.07, 6.45) is 15.9. The van der Waals surface area contributed by atoms with Crippen molar-refractivity contribution in [1.29, 1.82) is 0 Å². The molecule has 20 heavy (non-hydrogen) atoms. The molecule has 0 N–H and O–H groups in total. The van der Waals surface area contributed by atoms with E-state index in [0.717, 1.165) is 19.6 Å². The molecule has 0 aliphatic carbocycles. The molecule has 0 saturated carbocycles. The van der Waals surface area contributed by atoms with E-state index in [1.165, 1.54) is 55.9 Å². The molecule has 0 rings (SSSR count). The van der Waals surface area contributed by atoms with E-state index in [0.29, 0.717) is 6.79 Å². The summed E-state index contributed by atoms with van der Waals surface area (Å²) in [6, 6.07) is 0. The van der Waals surface area contributed by atoms with Gasteiger partial charge in [0.2, 0.25) is 0 Å². The summed E-state index contributed by atoms with van der Waals surface area (Å²) in [5.74, 6) is 0. The summed E-state index contributed by atoms with van der Waals surface area (Å²) in [7, 11) is 0. The van der Waals surface area contributed by atoms with Crippen LogP contribution in [-0.4, -0.2) is 41.7 Å². The number of unbranched alkanes of at least 4 members (excludes halogenated alkanes) is 6. The summed E-state index contributed by atoms with van der Waals surface area (Å²) >= 11 is 2.02. The molecular formula is C16H31IMgO2. The van der Waals surface area contributed by atoms with Gasteiger partial charge in [0.05, 0.1) is 0 Å². The van der Waals surface area contributed by atoms with Crippen LogP contribution >= 0.6 is 0 Å². The first kappa shape index (κ1) is 23.4. The van der Waals surface area contributed by atoms with Gasteiger partial charge in [-0.1, -0.05) is 39.0 Å². The molecule has 0 aliphatic heterocycles. The number of ether oxygens (including phenoxy) is 2. The van der Waals surface area contributed by atoms with Gasteiger partial charge in [0, 0.05) is 0 Å². The normalized spacial score (nSPS) is 10.9. The SMILES string of the molecule is CCCCCCCCCOCOCC/C=C/C[CH2][Mg+].[I-]. The van der Waals surface area contributed by atoms with Crippen molar-refractivity contribution in [2.45, 2.75) is 69.3 Å². The zero-order chi connectivity index (χ0) is 14.0. The fourth-order valence-electron chi connectivity index (χ4n) is 1.84. The fourth-order valence-corrected chi connectivity index (χ4v) is 2.08. The maximum Gasteiger partial charge on any atom is -1.00 e. The first-order valence-corrected chi connectivity index (χ1v) is 9.01. The molecule has 4 heteroatoms. The second-order valence-electron chi connectivity index (χ2n) is 4.96. The minimum Gasteiger partial charge on any atom is -1.00 e. The van der Waals surface area contributed by atoms with E-state index in [4.69, 9.17) is 9.47 Å². The quantitative estimate of drug-likeness (QED) is 0.135. The van der Waals surface area contributed by atoms with Gasteiger partial charge >= 0.3 is 93.6 Å². The molecule has 0 aromatic carbocycles. The Kier molecular flexibility index (Phi) is 26.3. The number of hydrogen-bond donors (Lipinski definition) is 0. The summed E-state index contributed by atoms with van der Waals surface area (Å²) in [5, 5.41) is 0. The van der Waals surface area contributed by atoms with Crippen LogP contribution in [0.3, 0.4) is 0 Å². The molecule has 0 heterocycles. The van der Waals surface area contributed by atoms with Crippen molar-refractivity contribution in [3.63, 3.8) is 0 Å². The van der Waals surface area contributed by atoms with Crippen LogP contribution in [0.4, 0.5) is 0 Å². The summed E-state index contributed by atoms with van der Waals surface area (Å²) < 4.78 is 12.1. The Balaban J connectivity index is 0. The Morgan fingerprint density at radius 3 is 2.10 bits per heavy atom. The number of rotatable bonds is 15. The standard InChI is InChI=1S/C16H31O2.HI.Mg/c1-3-5-7-9-10-11-13-15-18-16-17-14-12-8-6-4-2;;/h6,8H,2-5,7,9-16H2,1H3;1H;/q;;+1/p-1/b8-6+;;. The molecule has 0 radical (unpaired) electrons. The van der Waals surface area contributed by atoms with Crippen molar-refractivity contribution >= 4 is 21.7 Å². The van der Waals surface area contributed by atoms with Crippen LogP contribution in [0.2, 0.25) is 4.55 Å². The van der Waals surface area contributed by atoms with Crippen LogP contribution in [0.25, 0.3) is 0 Å². The maximum atomic E-state index is 5.44. The summed E-state index contributed by atoms with van der Waals surface area (Å²) in [6.45, 7) is 4.34. The number of halogens is 1. The molecule has 0 aromatic heterocycles. The Bertz CT molecular complexity index is 189. The van der Waals surface area contributed by atoms with Gasteiger partial charge in [0.25, 0.3) is 0 Å². The molecule has 0 amide bonds. The average Bonchev–Trinajstić information content (AvgIpc) is 2.43. The van der Waals surface area contributed by atoms with Gasteiger partial charge in [-0.3, -0.25) is 0 Å². The first-order chi connectivity index (χ1) is 9.41. The van der Waals surface area contributed by atoms with Gasteiger partial charge < -0.3 is 24.0 Å². The Labute approximate surface area is 155 Å². The topological polar surface area (TPSA) is 18.5 Å². The van der Waals surface area contributed by atoms with E-state index in [1.807, 2.05) is 21.7 Å². The van der Waals surface area contributed by atoms with Crippen molar-refractivity contribution in [2.24, 2.45) is 0 Å². The van der Waals surface area contributed by atoms with E-state index in [1.54, 1.807) is 0 Å². The molecule has 0 atom stereocenters. The number of allylic oxidation sites excluding steroid dienone is 1. The fraction of sp³-hybridized carbons (Fsp3) is 0.875. The third-order valence-corrected chi connectivity index (χ3v) is 3.43. The Morgan fingerprint density at radius 2 is 1.40 bits per heavy atom. The Hall–Kier alpha value is 1.16. The molecule has 0 aliphatic rings. The van der Waals surface area contributed by atoms with Gasteiger partial charge in [-0.05, 0) is 0 Å². The second-order valence-corrected chi connectivity index (χ2v) is 5.67. The van der Waals surface area contributed by atoms with Gasteiger partial charge in [0.15, 0.2) is 0 Å². The molecule has 0 fully saturated rings. The molecule has 116 valence electrons. The van der Waals surface area contributed by atoms with Crippen LogP contribution in [0, 0.1) is 0 Å². The zero-order valence-corrected chi connectivity index (χ0v) is 16.8. The van der Waals surface area contributed by atoms with Crippen molar-refractivity contribution in [2.75, 3.05) is 20.0 Å². The second kappa shape index (κ2) is 22.4. The van der Waals surface area contributed by atoms with Crippen LogP contribution in [0.15, 0.2) is 12.2 Å². The minimum absolute atomic E-state index is 0. The predicted molar refractivity (Wildman–Crippen MR) is 83.7 cm³/mol. The molecule has 0 aromatic rings. The van der Waals surface area contributed by atoms with Crippen molar-refractivity contribution in [3.05, 3.63) is 12.2 Å². The van der Waals surface area contributed by atoms with E-state index >= 15 is 0 Å². The van der Waals surface area contributed by atoms with Gasteiger partial charge in [-0.25, -0.2) is 0 Å². The summed E-state index contributed by atoms with van der Waals surface area (Å²) in [4.78, 5) is 0. The molecular weight excluding hydrogens is 375 g/mol. The molecule has 0 bridgehead atoms. The molecule has 2 nitrogen and oxygen atoms in total. The first-order valence-electron chi connectivity index (χ1n) is 8.01.